The summed E-state index contributed by atoms with van der Waals surface area (Å²) >= 11 is 0. The third-order valence-electron chi connectivity index (χ3n) is 4.58. The van der Waals surface area contributed by atoms with Gasteiger partial charge in [-0.25, -0.2) is 8.42 Å². The fraction of sp³-hybridized carbons (Fsp3) is 0.0870. The Morgan fingerprint density at radius 2 is 1.72 bits per heavy atom. The number of amides is 1. The second-order valence-electron chi connectivity index (χ2n) is 7.12. The number of aryl methyl sites for hydroxylation is 2. The van der Waals surface area contributed by atoms with Gasteiger partial charge in [0, 0.05) is 23.9 Å². The molecule has 3 aromatic rings. The number of nitrogens with one attached hydrogen (secondary N) is 2. The monoisotopic (exact) mass is 451 g/mol. The Morgan fingerprint density at radius 3 is 2.41 bits per heavy atom. The summed E-state index contributed by atoms with van der Waals surface area (Å²) in [5, 5.41) is 13.4. The summed E-state index contributed by atoms with van der Waals surface area (Å²) in [7, 11) is -3.79. The molecule has 9 heteroatoms. The van der Waals surface area contributed by atoms with Gasteiger partial charge >= 0.3 is 0 Å². The summed E-state index contributed by atoms with van der Waals surface area (Å²) < 4.78 is 27.9. The van der Waals surface area contributed by atoms with E-state index in [-0.39, 0.29) is 10.6 Å². The van der Waals surface area contributed by atoms with Gasteiger partial charge in [-0.1, -0.05) is 24.3 Å². The average Bonchev–Trinajstić information content (AvgIpc) is 2.75. The molecule has 0 saturated heterocycles. The van der Waals surface area contributed by atoms with E-state index < -0.39 is 20.9 Å². The van der Waals surface area contributed by atoms with Gasteiger partial charge < -0.3 is 5.32 Å². The third kappa shape index (κ3) is 5.79. The molecule has 0 heterocycles. The van der Waals surface area contributed by atoms with Crippen molar-refractivity contribution in [3.63, 3.8) is 0 Å². The van der Waals surface area contributed by atoms with Gasteiger partial charge in [0.05, 0.1) is 15.5 Å². The van der Waals surface area contributed by atoms with Gasteiger partial charge in [-0.05, 0) is 66.9 Å². The van der Waals surface area contributed by atoms with Gasteiger partial charge in [0.2, 0.25) is 5.91 Å². The van der Waals surface area contributed by atoms with Crippen molar-refractivity contribution in [2.75, 3.05) is 10.0 Å². The van der Waals surface area contributed by atoms with Crippen LogP contribution in [0, 0.1) is 24.0 Å². The molecule has 0 aliphatic rings. The quantitative estimate of drug-likeness (QED) is 0.308. The van der Waals surface area contributed by atoms with Crippen molar-refractivity contribution in [1.82, 2.24) is 0 Å². The SMILES string of the molecule is Cc1ccc(C)c(NS(=O)(=O)c2ccc(NC(=O)/C=C/c3cccc([N+](=O)[O-])c3)cc2)c1. The van der Waals surface area contributed by atoms with Crippen LogP contribution in [0.15, 0.2) is 77.7 Å². The first-order chi connectivity index (χ1) is 15.1. The van der Waals surface area contributed by atoms with Crippen molar-refractivity contribution in [1.29, 1.82) is 0 Å². The molecule has 0 spiro atoms. The van der Waals surface area contributed by atoms with Gasteiger partial charge in [0.15, 0.2) is 0 Å². The van der Waals surface area contributed by atoms with Gasteiger partial charge in [0.1, 0.15) is 0 Å². The summed E-state index contributed by atoms with van der Waals surface area (Å²) in [6.45, 7) is 3.69. The van der Waals surface area contributed by atoms with E-state index in [1.54, 1.807) is 12.1 Å². The van der Waals surface area contributed by atoms with Crippen LogP contribution >= 0.6 is 0 Å². The van der Waals surface area contributed by atoms with Crippen LogP contribution in [0.1, 0.15) is 16.7 Å². The molecule has 0 atom stereocenters. The number of nitrogens with zero attached hydrogens (tertiary/aromatic N) is 1. The number of nitro groups is 1. The lowest BCUT2D eigenvalue weighted by atomic mass is 10.1. The molecular formula is C23H21N3O5S. The van der Waals surface area contributed by atoms with Crippen molar-refractivity contribution < 1.29 is 18.1 Å². The third-order valence-corrected chi connectivity index (χ3v) is 5.96. The van der Waals surface area contributed by atoms with E-state index in [1.807, 2.05) is 26.0 Å². The zero-order valence-electron chi connectivity index (χ0n) is 17.4. The van der Waals surface area contributed by atoms with E-state index in [2.05, 4.69) is 10.0 Å². The van der Waals surface area contributed by atoms with Crippen LogP contribution in [0.5, 0.6) is 0 Å². The van der Waals surface area contributed by atoms with E-state index in [0.29, 0.717) is 16.9 Å². The summed E-state index contributed by atoms with van der Waals surface area (Å²) in [5.74, 6) is -0.458. The summed E-state index contributed by atoms with van der Waals surface area (Å²) in [5.41, 5.74) is 3.09. The molecule has 32 heavy (non-hydrogen) atoms. The normalized spacial score (nSPS) is 11.3. The molecule has 0 aromatic heterocycles. The largest absolute Gasteiger partial charge is 0.323 e. The van der Waals surface area contributed by atoms with E-state index >= 15 is 0 Å². The van der Waals surface area contributed by atoms with Crippen molar-refractivity contribution in [3.05, 3.63) is 99.6 Å². The van der Waals surface area contributed by atoms with Gasteiger partial charge in [-0.3, -0.25) is 19.6 Å². The smallest absolute Gasteiger partial charge is 0.270 e. The Labute approximate surface area is 185 Å². The number of hydrogen-bond donors (Lipinski definition) is 2. The molecule has 8 nitrogen and oxygen atoms in total. The Hall–Kier alpha value is -3.98. The predicted molar refractivity (Wildman–Crippen MR) is 124 cm³/mol. The average molecular weight is 452 g/mol. The zero-order valence-corrected chi connectivity index (χ0v) is 18.2. The molecule has 0 aliphatic heterocycles. The summed E-state index contributed by atoms with van der Waals surface area (Å²) in [4.78, 5) is 22.5. The second kappa shape index (κ2) is 9.44. The number of carbonyl (C=O) groups is 1. The number of hydrogen-bond acceptors (Lipinski definition) is 5. The number of nitro benzene ring substituents is 1. The van der Waals surface area contributed by atoms with Crippen LogP contribution in [0.3, 0.4) is 0 Å². The van der Waals surface area contributed by atoms with E-state index in [9.17, 15) is 23.3 Å². The van der Waals surface area contributed by atoms with Crippen LogP contribution < -0.4 is 10.0 Å². The van der Waals surface area contributed by atoms with Gasteiger partial charge in [0.25, 0.3) is 15.7 Å². The Bertz CT molecular complexity index is 1300. The topological polar surface area (TPSA) is 118 Å². The Kier molecular flexibility index (Phi) is 6.70. The van der Waals surface area contributed by atoms with E-state index in [1.165, 1.54) is 54.6 Å². The highest BCUT2D eigenvalue weighted by atomic mass is 32.2. The first-order valence-corrected chi connectivity index (χ1v) is 11.1. The highest BCUT2D eigenvalue weighted by molar-refractivity contribution is 7.92. The molecule has 0 bridgehead atoms. The van der Waals surface area contributed by atoms with Gasteiger partial charge in [-0.15, -0.1) is 0 Å². The highest BCUT2D eigenvalue weighted by Gasteiger charge is 2.15. The molecule has 0 radical (unpaired) electrons. The molecule has 0 aliphatic carbocycles. The minimum Gasteiger partial charge on any atom is -0.323 e. The number of rotatable bonds is 7. The number of anilines is 2. The molecule has 164 valence electrons. The van der Waals surface area contributed by atoms with Crippen molar-refractivity contribution in [2.45, 2.75) is 18.7 Å². The van der Waals surface area contributed by atoms with Crippen LogP contribution in [-0.4, -0.2) is 19.2 Å². The van der Waals surface area contributed by atoms with Crippen LogP contribution in [0.25, 0.3) is 6.08 Å². The first kappa shape index (κ1) is 22.7. The van der Waals surface area contributed by atoms with Crippen molar-refractivity contribution >= 4 is 39.1 Å². The molecule has 1 amide bonds. The number of sulfonamides is 1. The molecule has 0 unspecified atom stereocenters. The predicted octanol–water partition coefficient (Wildman–Crippen LogP) is 4.66. The maximum absolute atomic E-state index is 12.7. The van der Waals surface area contributed by atoms with Gasteiger partial charge in [-0.2, -0.15) is 0 Å². The maximum Gasteiger partial charge on any atom is 0.270 e. The first-order valence-electron chi connectivity index (χ1n) is 9.58. The zero-order chi connectivity index (χ0) is 23.3. The lowest BCUT2D eigenvalue weighted by molar-refractivity contribution is -0.384. The van der Waals surface area contributed by atoms with Crippen LogP contribution in [-0.2, 0) is 14.8 Å². The van der Waals surface area contributed by atoms with E-state index in [4.69, 9.17) is 0 Å². The lowest BCUT2D eigenvalue weighted by Gasteiger charge is -2.12. The van der Waals surface area contributed by atoms with Crippen LogP contribution in [0.4, 0.5) is 17.1 Å². The van der Waals surface area contributed by atoms with Crippen LogP contribution in [0.2, 0.25) is 0 Å². The Morgan fingerprint density at radius 1 is 1.00 bits per heavy atom. The summed E-state index contributed by atoms with van der Waals surface area (Å²) in [6.07, 6.45) is 2.70. The molecule has 0 saturated carbocycles. The second-order valence-corrected chi connectivity index (χ2v) is 8.81. The lowest BCUT2D eigenvalue weighted by Crippen LogP contribution is -2.14. The number of carbonyl (C=O) groups excluding carboxylic acids is 1. The maximum atomic E-state index is 12.7. The highest BCUT2D eigenvalue weighted by Crippen LogP contribution is 2.22. The molecule has 2 N–H and O–H groups in total. The fourth-order valence-electron chi connectivity index (χ4n) is 2.86. The number of benzene rings is 3. The minimum atomic E-state index is -3.79. The molecular weight excluding hydrogens is 430 g/mol. The number of non-ortho nitro benzene ring substituents is 1. The standard InChI is InChI=1S/C23H21N3O5S/c1-16-6-7-17(2)22(14-16)25-32(30,31)21-11-9-19(10-12-21)24-23(27)13-8-18-4-3-5-20(15-18)26(28)29/h3-15,25H,1-2H3,(H,24,27)/b13-8+. The van der Waals surface area contributed by atoms with E-state index in [0.717, 1.165) is 11.1 Å². The van der Waals surface area contributed by atoms with Crippen molar-refractivity contribution in [2.24, 2.45) is 0 Å². The molecule has 3 rings (SSSR count). The summed E-state index contributed by atoms with van der Waals surface area (Å²) in [6, 6.07) is 17.1. The molecule has 0 fully saturated rings. The van der Waals surface area contributed by atoms with Crippen molar-refractivity contribution in [3.8, 4) is 0 Å². The fourth-order valence-corrected chi connectivity index (χ4v) is 3.99. The Balaban J connectivity index is 1.67. The minimum absolute atomic E-state index is 0.0588. The molecule has 3 aromatic carbocycles.